The molecule has 0 aliphatic heterocycles. The molecule has 2 aromatic rings. The van der Waals surface area contributed by atoms with Crippen LogP contribution in [0.25, 0.3) is 0 Å². The van der Waals surface area contributed by atoms with Crippen LogP contribution in [0.1, 0.15) is 12.5 Å². The summed E-state index contributed by atoms with van der Waals surface area (Å²) < 4.78 is 32.7. The van der Waals surface area contributed by atoms with Gasteiger partial charge in [-0.2, -0.15) is 0 Å². The van der Waals surface area contributed by atoms with Crippen molar-refractivity contribution in [1.82, 2.24) is 4.90 Å². The molecule has 1 N–H and O–H groups in total. The summed E-state index contributed by atoms with van der Waals surface area (Å²) in [6.45, 7) is 1.94. The largest absolute Gasteiger partial charge is 0.484 e. The number of rotatable bonds is 7. The number of anilines is 1. The lowest BCUT2D eigenvalue weighted by molar-refractivity contribution is -0.130. The van der Waals surface area contributed by atoms with E-state index in [1.54, 1.807) is 26.2 Å². The summed E-state index contributed by atoms with van der Waals surface area (Å²) >= 11 is 0. The van der Waals surface area contributed by atoms with E-state index in [2.05, 4.69) is 4.72 Å². The van der Waals surface area contributed by atoms with Crippen molar-refractivity contribution in [2.24, 2.45) is 0 Å². The molecule has 0 aromatic heterocycles. The molecule has 0 heterocycles. The minimum absolute atomic E-state index is 0.0961. The Hall–Kier alpha value is -2.54. The molecule has 0 aliphatic rings. The van der Waals surface area contributed by atoms with Gasteiger partial charge in [0, 0.05) is 19.8 Å². The Balaban J connectivity index is 2.05. The standard InChI is InChI=1S/C18H22N2O4S/c1-4-14-5-7-15(8-6-14)19-25(22,23)17-11-9-16(10-12-17)24-13-18(21)20(2)3/h5-12,19H,4,13H2,1-3H3. The highest BCUT2D eigenvalue weighted by Gasteiger charge is 2.14. The maximum atomic E-state index is 12.4. The summed E-state index contributed by atoms with van der Waals surface area (Å²) in [6, 6.07) is 13.2. The average molecular weight is 362 g/mol. The van der Waals surface area contributed by atoms with E-state index in [1.165, 1.54) is 29.2 Å². The van der Waals surface area contributed by atoms with Crippen molar-refractivity contribution in [2.45, 2.75) is 18.2 Å². The Labute approximate surface area is 148 Å². The third-order valence-corrected chi connectivity index (χ3v) is 5.01. The van der Waals surface area contributed by atoms with E-state index < -0.39 is 10.0 Å². The maximum Gasteiger partial charge on any atom is 0.261 e. The van der Waals surface area contributed by atoms with E-state index in [1.807, 2.05) is 19.1 Å². The van der Waals surface area contributed by atoms with Gasteiger partial charge in [0.05, 0.1) is 4.90 Å². The molecule has 0 spiro atoms. The van der Waals surface area contributed by atoms with E-state index in [0.29, 0.717) is 11.4 Å². The fraction of sp³-hybridized carbons (Fsp3) is 0.278. The van der Waals surface area contributed by atoms with E-state index >= 15 is 0 Å². The molecule has 25 heavy (non-hydrogen) atoms. The minimum atomic E-state index is -3.68. The first-order chi connectivity index (χ1) is 11.8. The highest BCUT2D eigenvalue weighted by Crippen LogP contribution is 2.20. The number of hydrogen-bond acceptors (Lipinski definition) is 4. The van der Waals surface area contributed by atoms with Crippen LogP contribution in [0.15, 0.2) is 53.4 Å². The van der Waals surface area contributed by atoms with Crippen molar-refractivity contribution < 1.29 is 17.9 Å². The van der Waals surface area contributed by atoms with Gasteiger partial charge in [-0.25, -0.2) is 8.42 Å². The molecule has 0 saturated heterocycles. The topological polar surface area (TPSA) is 75.7 Å². The van der Waals surface area contributed by atoms with Gasteiger partial charge < -0.3 is 9.64 Å². The quantitative estimate of drug-likeness (QED) is 0.821. The van der Waals surface area contributed by atoms with Crippen molar-refractivity contribution in [3.8, 4) is 5.75 Å². The SMILES string of the molecule is CCc1ccc(NS(=O)(=O)c2ccc(OCC(=O)N(C)C)cc2)cc1. The number of ether oxygens (including phenoxy) is 1. The number of likely N-dealkylation sites (N-methyl/N-ethyl adjacent to an activating group) is 1. The first kappa shape index (κ1) is 18.8. The molecule has 1 amide bonds. The van der Waals surface area contributed by atoms with Crippen LogP contribution >= 0.6 is 0 Å². The molecule has 0 atom stereocenters. The smallest absolute Gasteiger partial charge is 0.261 e. The van der Waals surface area contributed by atoms with E-state index in [9.17, 15) is 13.2 Å². The van der Waals surface area contributed by atoms with Gasteiger partial charge in [0.1, 0.15) is 5.75 Å². The Morgan fingerprint density at radius 2 is 1.64 bits per heavy atom. The van der Waals surface area contributed by atoms with E-state index in [0.717, 1.165) is 12.0 Å². The monoisotopic (exact) mass is 362 g/mol. The second kappa shape index (κ2) is 8.02. The van der Waals surface area contributed by atoms with Crippen LogP contribution in [-0.4, -0.2) is 39.9 Å². The number of benzene rings is 2. The van der Waals surface area contributed by atoms with Gasteiger partial charge >= 0.3 is 0 Å². The molecule has 0 aliphatic carbocycles. The van der Waals surface area contributed by atoms with E-state index in [4.69, 9.17) is 4.74 Å². The van der Waals surface area contributed by atoms with Gasteiger partial charge in [0.15, 0.2) is 6.61 Å². The predicted octanol–water partition coefficient (Wildman–Crippen LogP) is 2.52. The molecule has 134 valence electrons. The van der Waals surface area contributed by atoms with Crippen LogP contribution in [0.3, 0.4) is 0 Å². The predicted molar refractivity (Wildman–Crippen MR) is 97.3 cm³/mol. The fourth-order valence-electron chi connectivity index (χ4n) is 2.01. The van der Waals surface area contributed by atoms with Crippen LogP contribution in [0, 0.1) is 0 Å². The summed E-state index contributed by atoms with van der Waals surface area (Å²) in [5.41, 5.74) is 1.64. The number of carbonyl (C=O) groups excluding carboxylic acids is 1. The highest BCUT2D eigenvalue weighted by atomic mass is 32.2. The molecule has 0 radical (unpaired) electrons. The Morgan fingerprint density at radius 3 is 2.16 bits per heavy atom. The molecule has 0 saturated carbocycles. The van der Waals surface area contributed by atoms with Gasteiger partial charge in [-0.05, 0) is 48.4 Å². The van der Waals surface area contributed by atoms with Crippen molar-refractivity contribution >= 4 is 21.6 Å². The lowest BCUT2D eigenvalue weighted by atomic mass is 10.2. The second-order valence-corrected chi connectivity index (χ2v) is 7.39. The zero-order valence-corrected chi connectivity index (χ0v) is 15.3. The van der Waals surface area contributed by atoms with Gasteiger partial charge in [0.2, 0.25) is 0 Å². The highest BCUT2D eigenvalue weighted by molar-refractivity contribution is 7.92. The summed E-state index contributed by atoms with van der Waals surface area (Å²) in [6.07, 6.45) is 0.894. The van der Waals surface area contributed by atoms with Crippen LogP contribution < -0.4 is 9.46 Å². The number of amides is 1. The lowest BCUT2D eigenvalue weighted by Gasteiger charge is -2.12. The first-order valence-corrected chi connectivity index (χ1v) is 9.35. The number of nitrogens with one attached hydrogen (secondary N) is 1. The molecular weight excluding hydrogens is 340 g/mol. The number of carbonyl (C=O) groups is 1. The van der Waals surface area contributed by atoms with Crippen LogP contribution in [0.2, 0.25) is 0 Å². The molecule has 0 fully saturated rings. The van der Waals surface area contributed by atoms with Crippen molar-refractivity contribution in [3.05, 3.63) is 54.1 Å². The summed E-state index contributed by atoms with van der Waals surface area (Å²) in [4.78, 5) is 13.0. The summed E-state index contributed by atoms with van der Waals surface area (Å²) in [7, 11) is -0.397. The average Bonchev–Trinajstić information content (AvgIpc) is 2.60. The minimum Gasteiger partial charge on any atom is -0.484 e. The van der Waals surface area contributed by atoms with Gasteiger partial charge in [-0.15, -0.1) is 0 Å². The number of aryl methyl sites for hydroxylation is 1. The molecule has 6 nitrogen and oxygen atoms in total. The summed E-state index contributed by atoms with van der Waals surface area (Å²) in [5, 5.41) is 0. The maximum absolute atomic E-state index is 12.4. The van der Waals surface area contributed by atoms with Gasteiger partial charge in [-0.1, -0.05) is 19.1 Å². The second-order valence-electron chi connectivity index (χ2n) is 5.70. The normalized spacial score (nSPS) is 11.0. The van der Waals surface area contributed by atoms with E-state index in [-0.39, 0.29) is 17.4 Å². The number of hydrogen-bond donors (Lipinski definition) is 1. The van der Waals surface area contributed by atoms with Crippen molar-refractivity contribution in [2.75, 3.05) is 25.4 Å². The molecular formula is C18H22N2O4S. The van der Waals surface area contributed by atoms with Crippen LogP contribution in [0.4, 0.5) is 5.69 Å². The third kappa shape index (κ3) is 5.22. The Kier molecular flexibility index (Phi) is 6.03. The van der Waals surface area contributed by atoms with Crippen LogP contribution in [-0.2, 0) is 21.2 Å². The Morgan fingerprint density at radius 1 is 1.04 bits per heavy atom. The zero-order chi connectivity index (χ0) is 18.4. The third-order valence-electron chi connectivity index (χ3n) is 3.61. The molecule has 0 bridgehead atoms. The molecule has 2 aromatic carbocycles. The van der Waals surface area contributed by atoms with Gasteiger partial charge in [0.25, 0.3) is 15.9 Å². The van der Waals surface area contributed by atoms with Gasteiger partial charge in [-0.3, -0.25) is 9.52 Å². The Bertz CT molecular complexity index is 813. The summed E-state index contributed by atoms with van der Waals surface area (Å²) in [5.74, 6) is 0.260. The fourth-order valence-corrected chi connectivity index (χ4v) is 3.07. The molecule has 0 unspecified atom stereocenters. The molecule has 2 rings (SSSR count). The lowest BCUT2D eigenvalue weighted by Crippen LogP contribution is -2.27. The molecule has 7 heteroatoms. The number of sulfonamides is 1. The zero-order valence-electron chi connectivity index (χ0n) is 14.5. The first-order valence-electron chi connectivity index (χ1n) is 7.86. The van der Waals surface area contributed by atoms with Crippen LogP contribution in [0.5, 0.6) is 5.75 Å². The number of nitrogens with zero attached hydrogens (tertiary/aromatic N) is 1. The van der Waals surface area contributed by atoms with Crippen molar-refractivity contribution in [3.63, 3.8) is 0 Å². The van der Waals surface area contributed by atoms with Crippen molar-refractivity contribution in [1.29, 1.82) is 0 Å².